The Morgan fingerprint density at radius 1 is 1.25 bits per heavy atom. The van der Waals surface area contributed by atoms with Gasteiger partial charge in [-0.1, -0.05) is 23.4 Å². The molecule has 0 N–H and O–H groups in total. The van der Waals surface area contributed by atoms with E-state index in [2.05, 4.69) is 11.2 Å². The van der Waals surface area contributed by atoms with E-state index in [1.54, 1.807) is 13.4 Å². The van der Waals surface area contributed by atoms with Gasteiger partial charge in [0.25, 0.3) is 0 Å². The summed E-state index contributed by atoms with van der Waals surface area (Å²) < 4.78 is 5.27. The van der Waals surface area contributed by atoms with E-state index in [9.17, 15) is 4.79 Å². The van der Waals surface area contributed by atoms with Gasteiger partial charge in [-0.15, -0.1) is 0 Å². The number of Topliss-reactive ketones (excluding diaryl/α,β-unsaturated/α-hetero) is 1. The van der Waals surface area contributed by atoms with Crippen molar-refractivity contribution in [2.45, 2.75) is 19.8 Å². The molecule has 0 atom stereocenters. The number of rotatable bonds is 3. The fraction of sp³-hybridized carbons (Fsp3) is 0.250. The van der Waals surface area contributed by atoms with E-state index >= 15 is 0 Å². The van der Waals surface area contributed by atoms with Crippen LogP contribution in [0, 0.1) is 0 Å². The third-order valence-corrected chi connectivity index (χ3v) is 3.54. The van der Waals surface area contributed by atoms with Crippen molar-refractivity contribution < 1.29 is 14.0 Å². The summed E-state index contributed by atoms with van der Waals surface area (Å²) in [6.45, 7) is 1.51. The topological polar surface area (TPSA) is 51.8 Å². The van der Waals surface area contributed by atoms with E-state index in [0.717, 1.165) is 35.2 Å². The molecule has 20 heavy (non-hydrogen) atoms. The summed E-state index contributed by atoms with van der Waals surface area (Å²) in [6, 6.07) is 7.96. The van der Waals surface area contributed by atoms with Crippen molar-refractivity contribution in [3.63, 3.8) is 0 Å². The van der Waals surface area contributed by atoms with Gasteiger partial charge in [0.15, 0.2) is 11.5 Å². The normalized spacial score (nSPS) is 15.4. The van der Waals surface area contributed by atoms with Crippen molar-refractivity contribution in [3.8, 4) is 11.1 Å². The summed E-state index contributed by atoms with van der Waals surface area (Å²) in [5.41, 5.74) is 5.18. The van der Waals surface area contributed by atoms with Gasteiger partial charge < -0.3 is 9.25 Å². The molecule has 1 heterocycles. The fourth-order valence-corrected chi connectivity index (χ4v) is 2.65. The van der Waals surface area contributed by atoms with Crippen molar-refractivity contribution in [3.05, 3.63) is 47.4 Å². The lowest BCUT2D eigenvalue weighted by Gasteiger charge is -2.04. The molecule has 2 aromatic rings. The zero-order valence-corrected chi connectivity index (χ0v) is 11.5. The summed E-state index contributed by atoms with van der Waals surface area (Å²) in [4.78, 5) is 16.4. The number of ketones is 1. The van der Waals surface area contributed by atoms with Gasteiger partial charge in [0, 0.05) is 18.1 Å². The lowest BCUT2D eigenvalue weighted by molar-refractivity contribution is 0.0988. The lowest BCUT2D eigenvalue weighted by atomic mass is 10.00. The average molecular weight is 269 g/mol. The van der Waals surface area contributed by atoms with E-state index in [-0.39, 0.29) is 5.78 Å². The van der Waals surface area contributed by atoms with Crippen molar-refractivity contribution >= 4 is 11.5 Å². The van der Waals surface area contributed by atoms with Crippen LogP contribution in [0.5, 0.6) is 0 Å². The van der Waals surface area contributed by atoms with E-state index in [1.807, 2.05) is 18.2 Å². The van der Waals surface area contributed by atoms with E-state index in [1.165, 1.54) is 12.5 Å². The third-order valence-electron chi connectivity index (χ3n) is 3.54. The Bertz CT molecular complexity index is 697. The van der Waals surface area contributed by atoms with Crippen molar-refractivity contribution in [2.24, 2.45) is 5.16 Å². The first-order valence-corrected chi connectivity index (χ1v) is 6.53. The maximum absolute atomic E-state index is 11.5. The van der Waals surface area contributed by atoms with Crippen LogP contribution >= 0.6 is 0 Å². The zero-order chi connectivity index (χ0) is 14.1. The minimum Gasteiger partial charge on any atom is -0.461 e. The molecule has 0 unspecified atom stereocenters. The highest BCUT2D eigenvalue weighted by atomic mass is 16.6. The Balaban J connectivity index is 2.04. The van der Waals surface area contributed by atoms with E-state index < -0.39 is 0 Å². The molecule has 0 saturated carbocycles. The first-order valence-electron chi connectivity index (χ1n) is 6.53. The molecule has 4 heteroatoms. The van der Waals surface area contributed by atoms with Crippen LogP contribution < -0.4 is 0 Å². The first kappa shape index (κ1) is 12.7. The molecule has 0 radical (unpaired) electrons. The van der Waals surface area contributed by atoms with Crippen LogP contribution in [0.2, 0.25) is 0 Å². The number of fused-ring (bicyclic) bond motifs is 1. The van der Waals surface area contributed by atoms with Crippen LogP contribution in [0.15, 0.2) is 40.1 Å². The number of carbonyl (C=O) groups excluding carboxylic acids is 1. The molecule has 0 saturated heterocycles. The van der Waals surface area contributed by atoms with Crippen LogP contribution in [-0.2, 0) is 11.3 Å². The molecule has 0 aliphatic heterocycles. The smallest absolute Gasteiger partial charge is 0.195 e. The van der Waals surface area contributed by atoms with Crippen LogP contribution in [0.1, 0.15) is 35.0 Å². The molecule has 102 valence electrons. The molecule has 3 rings (SSSR count). The van der Waals surface area contributed by atoms with Crippen LogP contribution in [0.3, 0.4) is 0 Å². The summed E-state index contributed by atoms with van der Waals surface area (Å²) in [7, 11) is 1.56. The summed E-state index contributed by atoms with van der Waals surface area (Å²) >= 11 is 0. The Kier molecular flexibility index (Phi) is 3.14. The number of furan rings is 1. The van der Waals surface area contributed by atoms with Crippen LogP contribution in [-0.4, -0.2) is 18.6 Å². The maximum Gasteiger partial charge on any atom is 0.195 e. The van der Waals surface area contributed by atoms with Gasteiger partial charge in [-0.25, -0.2) is 0 Å². The Hall–Kier alpha value is -2.36. The minimum atomic E-state index is -0.0628. The third kappa shape index (κ3) is 2.03. The molecule has 1 aromatic carbocycles. The summed E-state index contributed by atoms with van der Waals surface area (Å²) in [6.07, 6.45) is 3.38. The molecule has 1 aliphatic rings. The molecule has 0 fully saturated rings. The van der Waals surface area contributed by atoms with E-state index in [4.69, 9.17) is 9.25 Å². The van der Waals surface area contributed by atoms with Crippen molar-refractivity contribution in [1.29, 1.82) is 0 Å². The zero-order valence-electron chi connectivity index (χ0n) is 11.5. The molecular weight excluding hydrogens is 254 g/mol. The van der Waals surface area contributed by atoms with Gasteiger partial charge in [-0.2, -0.15) is 0 Å². The molecule has 0 amide bonds. The van der Waals surface area contributed by atoms with Gasteiger partial charge in [0.1, 0.15) is 7.11 Å². The Labute approximate surface area is 117 Å². The molecule has 1 aromatic heterocycles. The Morgan fingerprint density at radius 3 is 2.85 bits per heavy atom. The van der Waals surface area contributed by atoms with Gasteiger partial charge >= 0.3 is 0 Å². The molecule has 4 nitrogen and oxygen atoms in total. The highest BCUT2D eigenvalue weighted by molar-refractivity contribution is 6.05. The maximum atomic E-state index is 11.5. The average Bonchev–Trinajstić information content (AvgIpc) is 3.05. The highest BCUT2D eigenvalue weighted by Gasteiger charge is 2.20. The summed E-state index contributed by atoms with van der Waals surface area (Å²) in [5.74, 6) is 0.348. The quantitative estimate of drug-likeness (QED) is 0.633. The highest BCUT2D eigenvalue weighted by Crippen LogP contribution is 2.31. The number of hydrogen-bond donors (Lipinski definition) is 0. The van der Waals surface area contributed by atoms with Gasteiger partial charge in [-0.05, 0) is 30.0 Å². The second-order valence-corrected chi connectivity index (χ2v) is 4.81. The minimum absolute atomic E-state index is 0.0628. The number of carbonyl (C=O) groups is 1. The first-order chi connectivity index (χ1) is 9.70. The number of hydrogen-bond acceptors (Lipinski definition) is 4. The number of nitrogens with zero attached hydrogens (tertiary/aromatic N) is 1. The largest absolute Gasteiger partial charge is 0.461 e. The standard InChI is InChI=1S/C16H15NO3/c1-10(18)16-14(7-8-20-16)12-3-5-13-11(9-12)4-6-15(13)17-19-2/h3,5,7-9H,4,6H2,1-2H3/b17-15+. The fourth-order valence-electron chi connectivity index (χ4n) is 2.65. The van der Waals surface area contributed by atoms with Gasteiger partial charge in [0.2, 0.25) is 0 Å². The molecule has 0 spiro atoms. The SMILES string of the molecule is CO/N=C1\CCc2cc(-c3ccoc3C(C)=O)ccc21. The van der Waals surface area contributed by atoms with Crippen LogP contribution in [0.25, 0.3) is 11.1 Å². The second-order valence-electron chi connectivity index (χ2n) is 4.81. The van der Waals surface area contributed by atoms with Gasteiger partial charge in [-0.3, -0.25) is 4.79 Å². The lowest BCUT2D eigenvalue weighted by Crippen LogP contribution is -1.96. The molecule has 1 aliphatic carbocycles. The molecule has 0 bridgehead atoms. The molecular formula is C16H15NO3. The number of benzene rings is 1. The number of aryl methyl sites for hydroxylation is 1. The van der Waals surface area contributed by atoms with E-state index in [0.29, 0.717) is 5.76 Å². The van der Waals surface area contributed by atoms with Crippen molar-refractivity contribution in [1.82, 2.24) is 0 Å². The van der Waals surface area contributed by atoms with Crippen molar-refractivity contribution in [2.75, 3.05) is 7.11 Å². The number of oxime groups is 1. The van der Waals surface area contributed by atoms with Gasteiger partial charge in [0.05, 0.1) is 12.0 Å². The monoisotopic (exact) mass is 269 g/mol. The Morgan fingerprint density at radius 2 is 2.10 bits per heavy atom. The van der Waals surface area contributed by atoms with Crippen LogP contribution in [0.4, 0.5) is 0 Å². The predicted molar refractivity (Wildman–Crippen MR) is 76.0 cm³/mol. The predicted octanol–water partition coefficient (Wildman–Crippen LogP) is 3.45. The summed E-state index contributed by atoms with van der Waals surface area (Å²) in [5, 5.41) is 4.05. The second kappa shape index (κ2) is 4.96.